The van der Waals surface area contributed by atoms with Gasteiger partial charge in [-0.1, -0.05) is 31.0 Å². The van der Waals surface area contributed by atoms with Gasteiger partial charge in [-0.2, -0.15) is 4.99 Å². The first-order chi connectivity index (χ1) is 25.7. The molecule has 4 N–H and O–H groups in total. The molecule has 2 fully saturated rings. The summed E-state index contributed by atoms with van der Waals surface area (Å²) in [7, 11) is 1.48. The van der Waals surface area contributed by atoms with E-state index >= 15 is 0 Å². The van der Waals surface area contributed by atoms with E-state index < -0.39 is 36.5 Å². The van der Waals surface area contributed by atoms with E-state index in [0.29, 0.717) is 22.3 Å². The Balaban J connectivity index is 1.09. The fourth-order valence-electron chi connectivity index (χ4n) is 7.99. The van der Waals surface area contributed by atoms with Gasteiger partial charge < -0.3 is 44.3 Å². The molecule has 12 nitrogen and oxygen atoms in total. The minimum Gasteiger partial charge on any atom is -0.506 e. The van der Waals surface area contributed by atoms with Crippen LogP contribution in [0.4, 0.5) is 0 Å². The topological polar surface area (TPSA) is 168 Å². The van der Waals surface area contributed by atoms with E-state index in [0.717, 1.165) is 48.1 Å². The van der Waals surface area contributed by atoms with Crippen molar-refractivity contribution in [1.82, 2.24) is 4.90 Å². The van der Waals surface area contributed by atoms with Crippen LogP contribution in [0.2, 0.25) is 0 Å². The molecular weight excluding hydrogens is 680 g/mol. The molecular formula is C41H41N2O10+. The third-order valence-corrected chi connectivity index (χ3v) is 10.8. The van der Waals surface area contributed by atoms with Crippen LogP contribution >= 0.6 is 0 Å². The number of carbonyl (C=O) groups is 2. The number of aromatic hydroxyl groups is 1. The van der Waals surface area contributed by atoms with Crippen molar-refractivity contribution in [3.05, 3.63) is 106 Å². The lowest BCUT2D eigenvalue weighted by Gasteiger charge is -2.40. The number of ether oxygens (including phenoxy) is 4. The Kier molecular flexibility index (Phi) is 9.56. The molecule has 53 heavy (non-hydrogen) atoms. The molecule has 5 aliphatic rings. The van der Waals surface area contributed by atoms with Crippen LogP contribution in [-0.2, 0) is 16.0 Å². The number of ketones is 1. The van der Waals surface area contributed by atoms with Gasteiger partial charge in [0.05, 0.1) is 43.0 Å². The van der Waals surface area contributed by atoms with Crippen molar-refractivity contribution in [3.63, 3.8) is 0 Å². The molecule has 2 aliphatic carbocycles. The summed E-state index contributed by atoms with van der Waals surface area (Å²) in [4.78, 5) is 33.3. The molecule has 1 saturated heterocycles. The number of Topliss-reactive ketones (excluding diaryl/α,β-unsaturated/α-hetero) is 1. The summed E-state index contributed by atoms with van der Waals surface area (Å²) in [5.41, 5.74) is 4.81. The second kappa shape index (κ2) is 14.4. The number of phenols is 1. The first kappa shape index (κ1) is 35.1. The standard InChI is InChI=1S/C41H40N2O10/c1-50-26-14-24-15-29(22-8-2-3-9-22)35(31(44)19-43-18-23-10-4-5-12-28(23)40(43)49)37(46)34(24)32(16-26)52-41-39(48)38(47)36(45)33(53-41)21-51-20-25-17-42-30-13-7-6-11-27(25)30/h4-7,10-17,22,33,36,38-39,41,45,47-48H,2-3,8-9,18-21H2,1H3/p+1/t33-,36-,38+,39-,41+/m1/s1. The van der Waals surface area contributed by atoms with Gasteiger partial charge in [0.15, 0.2) is 11.5 Å². The second-order valence-electron chi connectivity index (χ2n) is 14.1. The Labute approximate surface area is 306 Å². The van der Waals surface area contributed by atoms with Crippen LogP contribution in [0.5, 0.6) is 17.2 Å². The number of carbonyl (C=O) groups excluding carboxylic acids is 2. The molecule has 3 heterocycles. The van der Waals surface area contributed by atoms with Gasteiger partial charge in [-0.15, -0.1) is 0 Å². The summed E-state index contributed by atoms with van der Waals surface area (Å²) in [5.74, 6) is -0.549. The van der Waals surface area contributed by atoms with E-state index in [9.17, 15) is 30.0 Å². The van der Waals surface area contributed by atoms with E-state index in [4.69, 9.17) is 18.9 Å². The first-order valence-electron chi connectivity index (χ1n) is 17.9. The fourth-order valence-corrected chi connectivity index (χ4v) is 7.99. The molecule has 8 rings (SSSR count). The zero-order valence-electron chi connectivity index (χ0n) is 29.2. The number of fused-ring (bicyclic) bond motifs is 3. The summed E-state index contributed by atoms with van der Waals surface area (Å²) in [5, 5.41) is 45.5. The predicted octanol–water partition coefficient (Wildman–Crippen LogP) is 4.29. The average Bonchev–Trinajstić information content (AvgIpc) is 3.92. The van der Waals surface area contributed by atoms with Crippen LogP contribution in [0.1, 0.15) is 63.4 Å². The van der Waals surface area contributed by atoms with Crippen molar-refractivity contribution in [3.8, 4) is 17.2 Å². The van der Waals surface area contributed by atoms with Crippen molar-refractivity contribution in [2.75, 3.05) is 26.9 Å². The normalized spacial score (nSPS) is 25.1. The number of nitrogens with zero attached hydrogens (tertiary/aromatic N) is 2. The number of aliphatic hydroxyl groups is 3. The molecule has 0 spiro atoms. The zero-order valence-corrected chi connectivity index (χ0v) is 29.2. The number of aliphatic hydroxyl groups excluding tert-OH is 3. The third kappa shape index (κ3) is 6.51. The number of hydrogen-bond acceptors (Lipinski definition) is 11. The highest BCUT2D eigenvalue weighted by Gasteiger charge is 2.46. The monoisotopic (exact) mass is 721 g/mol. The van der Waals surface area contributed by atoms with Gasteiger partial charge in [0.25, 0.3) is 5.91 Å². The van der Waals surface area contributed by atoms with E-state index in [2.05, 4.69) is 4.99 Å². The predicted molar refractivity (Wildman–Crippen MR) is 194 cm³/mol. The van der Waals surface area contributed by atoms with Crippen LogP contribution < -0.4 is 9.47 Å². The van der Waals surface area contributed by atoms with Crippen LogP contribution in [0, 0.1) is 6.42 Å². The van der Waals surface area contributed by atoms with Crippen molar-refractivity contribution < 1.29 is 49.0 Å². The van der Waals surface area contributed by atoms with Crippen LogP contribution in [-0.4, -0.2) is 101 Å². The van der Waals surface area contributed by atoms with Crippen LogP contribution in [0.15, 0.2) is 82.5 Å². The number of aliphatic imine (C=N–C) groups is 1. The summed E-state index contributed by atoms with van der Waals surface area (Å²) in [6.45, 7) is 0.0822. The average molecular weight is 722 g/mol. The van der Waals surface area contributed by atoms with Gasteiger partial charge in [0.1, 0.15) is 53.8 Å². The molecule has 1 saturated carbocycles. The van der Waals surface area contributed by atoms with Gasteiger partial charge in [0.2, 0.25) is 6.29 Å². The minimum absolute atomic E-state index is 0.0225. The highest BCUT2D eigenvalue weighted by Crippen LogP contribution is 2.46. The number of benzene rings is 3. The van der Waals surface area contributed by atoms with Gasteiger partial charge in [0, 0.05) is 42.8 Å². The second-order valence-corrected chi connectivity index (χ2v) is 14.1. The zero-order chi connectivity index (χ0) is 36.8. The molecule has 0 bridgehead atoms. The lowest BCUT2D eigenvalue weighted by Crippen LogP contribution is -2.60. The number of methoxy groups -OCH3 is 1. The molecule has 0 radical (unpaired) electrons. The molecule has 5 atom stereocenters. The maximum Gasteiger partial charge on any atom is 0.254 e. The molecule has 12 heteroatoms. The quantitative estimate of drug-likeness (QED) is 0.166. The lowest BCUT2D eigenvalue weighted by molar-refractivity contribution is -0.279. The minimum atomic E-state index is -1.69. The third-order valence-electron chi connectivity index (χ3n) is 10.8. The number of hydrogen-bond donors (Lipinski definition) is 4. The van der Waals surface area contributed by atoms with Crippen molar-refractivity contribution >= 4 is 28.7 Å². The lowest BCUT2D eigenvalue weighted by atomic mass is 9.87. The summed E-state index contributed by atoms with van der Waals surface area (Å²) in [6, 6.07) is 12.3. The molecule has 0 aromatic heterocycles. The summed E-state index contributed by atoms with van der Waals surface area (Å²) >= 11 is 0. The molecule has 1 amide bonds. The first-order valence-corrected chi connectivity index (χ1v) is 17.9. The van der Waals surface area contributed by atoms with Crippen LogP contribution in [0.3, 0.4) is 0 Å². The SMILES string of the molecule is COc1cc(O[C@H]2O[C@H](COCC3=C4[CH+]C=CC=C4N=C3)[C@@H](O)[C@H](O)[C@H]2O)c2c(O)c(C(=O)CN3Cc4ccccc4C3=O)c(C3CCCC3)cc2c1. The van der Waals surface area contributed by atoms with Crippen molar-refractivity contribution in [2.45, 2.75) is 68.9 Å². The number of phenolic OH excluding ortho intramolecular Hbond substituents is 1. The molecule has 3 aromatic carbocycles. The van der Waals surface area contributed by atoms with Gasteiger partial charge in [-0.3, -0.25) is 9.59 Å². The largest absolute Gasteiger partial charge is 0.506 e. The Bertz CT molecular complexity index is 2080. The fraction of sp³-hybridized carbons (Fsp3) is 0.366. The van der Waals surface area contributed by atoms with E-state index in [1.807, 2.05) is 42.8 Å². The van der Waals surface area contributed by atoms with Crippen molar-refractivity contribution in [1.29, 1.82) is 0 Å². The highest BCUT2D eigenvalue weighted by molar-refractivity contribution is 6.11. The maximum atomic E-state index is 14.2. The maximum absolute atomic E-state index is 14.2. The van der Waals surface area contributed by atoms with Gasteiger partial charge in [-0.25, -0.2) is 0 Å². The van der Waals surface area contributed by atoms with Crippen molar-refractivity contribution in [2.24, 2.45) is 4.99 Å². The highest BCUT2D eigenvalue weighted by atomic mass is 16.7. The van der Waals surface area contributed by atoms with Gasteiger partial charge in [-0.05, 0) is 53.5 Å². The van der Waals surface area contributed by atoms with E-state index in [1.54, 1.807) is 24.4 Å². The summed E-state index contributed by atoms with van der Waals surface area (Å²) < 4.78 is 23.7. The number of rotatable bonds is 11. The van der Waals surface area contributed by atoms with E-state index in [-0.39, 0.29) is 60.6 Å². The molecule has 274 valence electrons. The Hall–Kier alpha value is -4.98. The Morgan fingerprint density at radius 1 is 1.08 bits per heavy atom. The smallest absolute Gasteiger partial charge is 0.254 e. The van der Waals surface area contributed by atoms with Gasteiger partial charge >= 0.3 is 0 Å². The van der Waals surface area contributed by atoms with E-state index in [1.165, 1.54) is 18.1 Å². The number of allylic oxidation sites excluding steroid dienone is 4. The summed E-state index contributed by atoms with van der Waals surface area (Å²) in [6.07, 6.45) is 5.58. The Morgan fingerprint density at radius 2 is 1.89 bits per heavy atom. The molecule has 3 aromatic rings. The Morgan fingerprint density at radius 3 is 2.68 bits per heavy atom. The molecule has 3 aliphatic heterocycles. The number of amides is 1. The van der Waals surface area contributed by atoms with Crippen LogP contribution in [0.25, 0.3) is 10.8 Å². The molecule has 0 unspecified atom stereocenters.